The van der Waals surface area contributed by atoms with E-state index in [1.807, 2.05) is 60.7 Å². The third-order valence-corrected chi connectivity index (χ3v) is 10.3. The predicted molar refractivity (Wildman–Crippen MR) is 180 cm³/mol. The van der Waals surface area contributed by atoms with Crippen molar-refractivity contribution in [2.45, 2.75) is 29.9 Å². The molecule has 3 aromatic carbocycles. The molecule has 2 amide bonds. The second-order valence-electron chi connectivity index (χ2n) is 10.5. The van der Waals surface area contributed by atoms with Crippen LogP contribution in [-0.2, 0) is 45.9 Å². The number of alkyl carbamates (subject to hydrolysis) is 1. The van der Waals surface area contributed by atoms with Crippen LogP contribution in [0.2, 0.25) is 0 Å². The number of hydrogen-bond acceptors (Lipinski definition) is 11. The smallest absolute Gasteiger partial charge is 0.467 e. The summed E-state index contributed by atoms with van der Waals surface area (Å²) in [5.74, 6) is -1.18. The average molecular weight is 721 g/mol. The minimum atomic E-state index is -4.71. The Morgan fingerprint density at radius 3 is 2.31 bits per heavy atom. The number of aliphatic hydroxyl groups excluding tert-OH is 1. The lowest BCUT2D eigenvalue weighted by molar-refractivity contribution is -0.145. The first-order chi connectivity index (χ1) is 23.1. The Labute approximate surface area is 285 Å². The highest BCUT2D eigenvalue weighted by Gasteiger charge is 2.30. The number of carbonyl (C=O) groups is 3. The van der Waals surface area contributed by atoms with Gasteiger partial charge in [-0.15, -0.1) is 0 Å². The van der Waals surface area contributed by atoms with Crippen LogP contribution in [0.4, 0.5) is 4.79 Å². The molecule has 0 fully saturated rings. The standard InChI is InChI=1S/C32H37N2O11PS2/c1-42-30(36)19-43-14-12-22-16-21(17-35)10-11-29(22)48-47-20-28(31(37)33-13-15-45-46(39,40)41)34-32(38)44-18-27-25-8-4-2-6-23(25)24-7-3-5-9-26(24)27/h2-11,16,27-28,35H,12-15,17-20H2,1H3,(H,33,37)(H,34,38)(H2,39,40,41). The second kappa shape index (κ2) is 18.4. The van der Waals surface area contributed by atoms with Crippen molar-refractivity contribution >= 4 is 47.4 Å². The van der Waals surface area contributed by atoms with E-state index in [-0.39, 0.29) is 44.6 Å². The van der Waals surface area contributed by atoms with Gasteiger partial charge in [0.05, 0.1) is 26.9 Å². The van der Waals surface area contributed by atoms with Gasteiger partial charge in [0.1, 0.15) is 19.3 Å². The van der Waals surface area contributed by atoms with Crippen molar-refractivity contribution in [3.8, 4) is 11.1 Å². The highest BCUT2D eigenvalue weighted by atomic mass is 33.1. The van der Waals surface area contributed by atoms with Crippen LogP contribution < -0.4 is 10.6 Å². The number of nitrogens with one attached hydrogen (secondary N) is 2. The summed E-state index contributed by atoms with van der Waals surface area (Å²) >= 11 is 0. The van der Waals surface area contributed by atoms with Crippen LogP contribution in [0, 0.1) is 0 Å². The van der Waals surface area contributed by atoms with Gasteiger partial charge in [0, 0.05) is 23.1 Å². The maximum atomic E-state index is 13.1. The molecular weight excluding hydrogens is 683 g/mol. The van der Waals surface area contributed by atoms with Gasteiger partial charge in [-0.2, -0.15) is 0 Å². The zero-order valence-electron chi connectivity index (χ0n) is 26.0. The molecule has 258 valence electrons. The zero-order chi connectivity index (χ0) is 34.5. The van der Waals surface area contributed by atoms with Crippen molar-refractivity contribution in [3.63, 3.8) is 0 Å². The van der Waals surface area contributed by atoms with Gasteiger partial charge in [0.2, 0.25) is 5.91 Å². The van der Waals surface area contributed by atoms with Crippen LogP contribution in [-0.4, -0.2) is 84.7 Å². The SMILES string of the molecule is COC(=O)COCCc1cc(CO)ccc1SSCC(NC(=O)OCC1c2ccccc2-c2ccccc21)C(=O)NCCOP(=O)(O)O. The fourth-order valence-electron chi connectivity index (χ4n) is 5.00. The van der Waals surface area contributed by atoms with Crippen molar-refractivity contribution < 1.29 is 52.6 Å². The molecule has 1 atom stereocenters. The molecule has 48 heavy (non-hydrogen) atoms. The number of phosphoric acid groups is 1. The minimum absolute atomic E-state index is 0.0465. The fraction of sp³-hybridized carbons (Fsp3) is 0.344. The first-order valence-electron chi connectivity index (χ1n) is 14.9. The van der Waals surface area contributed by atoms with E-state index in [1.54, 1.807) is 6.07 Å². The summed E-state index contributed by atoms with van der Waals surface area (Å²) in [4.78, 5) is 56.2. The molecule has 5 N–H and O–H groups in total. The number of hydrogen-bond donors (Lipinski definition) is 5. The number of carbonyl (C=O) groups excluding carboxylic acids is 3. The lowest BCUT2D eigenvalue weighted by Crippen LogP contribution is -2.49. The van der Waals surface area contributed by atoms with Crippen molar-refractivity contribution in [1.82, 2.24) is 10.6 Å². The third-order valence-electron chi connectivity index (χ3n) is 7.27. The average Bonchev–Trinajstić information content (AvgIpc) is 3.40. The zero-order valence-corrected chi connectivity index (χ0v) is 28.6. The Balaban J connectivity index is 1.38. The second-order valence-corrected chi connectivity index (χ2v) is 14.1. The number of esters is 1. The molecule has 0 bridgehead atoms. The van der Waals surface area contributed by atoms with Crippen LogP contribution in [0.25, 0.3) is 11.1 Å². The van der Waals surface area contributed by atoms with Crippen molar-refractivity contribution in [2.75, 3.05) is 45.8 Å². The van der Waals surface area contributed by atoms with Gasteiger partial charge >= 0.3 is 19.9 Å². The molecule has 0 saturated heterocycles. The van der Waals surface area contributed by atoms with Crippen LogP contribution in [0.3, 0.4) is 0 Å². The largest absolute Gasteiger partial charge is 0.469 e. The van der Waals surface area contributed by atoms with Crippen molar-refractivity contribution in [1.29, 1.82) is 0 Å². The number of fused-ring (bicyclic) bond motifs is 3. The van der Waals surface area contributed by atoms with E-state index in [2.05, 4.69) is 19.9 Å². The fourth-order valence-corrected chi connectivity index (χ4v) is 7.76. The number of amides is 2. The van der Waals surface area contributed by atoms with Crippen molar-refractivity contribution in [2.24, 2.45) is 0 Å². The Kier molecular flexibility index (Phi) is 14.3. The van der Waals surface area contributed by atoms with Crippen LogP contribution in [0.1, 0.15) is 28.2 Å². The van der Waals surface area contributed by atoms with Crippen LogP contribution in [0.15, 0.2) is 71.6 Å². The van der Waals surface area contributed by atoms with Gasteiger partial charge in [0.25, 0.3) is 0 Å². The molecule has 0 radical (unpaired) electrons. The molecule has 16 heteroatoms. The minimum Gasteiger partial charge on any atom is -0.467 e. The van der Waals surface area contributed by atoms with Gasteiger partial charge in [-0.05, 0) is 45.9 Å². The topological polar surface area (TPSA) is 190 Å². The monoisotopic (exact) mass is 720 g/mol. The van der Waals surface area contributed by atoms with Crippen molar-refractivity contribution in [3.05, 3.63) is 89.0 Å². The number of aliphatic hydroxyl groups is 1. The molecule has 1 unspecified atom stereocenters. The highest BCUT2D eigenvalue weighted by molar-refractivity contribution is 8.76. The quantitative estimate of drug-likeness (QED) is 0.0553. The third kappa shape index (κ3) is 11.1. The lowest BCUT2D eigenvalue weighted by Gasteiger charge is -2.20. The summed E-state index contributed by atoms with van der Waals surface area (Å²) in [6.45, 7) is -0.716. The predicted octanol–water partition coefficient (Wildman–Crippen LogP) is 3.78. The maximum absolute atomic E-state index is 13.1. The summed E-state index contributed by atoms with van der Waals surface area (Å²) in [6, 6.07) is 20.2. The maximum Gasteiger partial charge on any atom is 0.469 e. The van der Waals surface area contributed by atoms with E-state index < -0.39 is 38.4 Å². The Bertz CT molecular complexity index is 1570. The Morgan fingerprint density at radius 2 is 1.67 bits per heavy atom. The lowest BCUT2D eigenvalue weighted by atomic mass is 9.98. The summed E-state index contributed by atoms with van der Waals surface area (Å²) < 4.78 is 31.0. The van der Waals surface area contributed by atoms with E-state index in [1.165, 1.54) is 28.7 Å². The number of rotatable bonds is 18. The summed E-state index contributed by atoms with van der Waals surface area (Å²) in [5.41, 5.74) is 5.77. The van der Waals surface area contributed by atoms with E-state index in [0.717, 1.165) is 32.7 Å². The van der Waals surface area contributed by atoms with Gasteiger partial charge in [-0.1, -0.05) is 82.3 Å². The number of benzene rings is 3. The molecule has 0 heterocycles. The molecular formula is C32H37N2O11PS2. The van der Waals surface area contributed by atoms with Gasteiger partial charge < -0.3 is 39.7 Å². The van der Waals surface area contributed by atoms with Gasteiger partial charge in [-0.3, -0.25) is 9.32 Å². The van der Waals surface area contributed by atoms with E-state index in [0.29, 0.717) is 12.0 Å². The molecule has 1 aliphatic rings. The summed E-state index contributed by atoms with van der Waals surface area (Å²) in [6.07, 6.45) is -0.361. The number of methoxy groups -OCH3 is 1. The van der Waals surface area contributed by atoms with E-state index in [9.17, 15) is 24.1 Å². The number of ether oxygens (including phenoxy) is 3. The van der Waals surface area contributed by atoms with E-state index >= 15 is 0 Å². The van der Waals surface area contributed by atoms with E-state index in [4.69, 9.17) is 19.3 Å². The molecule has 4 rings (SSSR count). The Hall–Kier alpha value is -3.40. The van der Waals surface area contributed by atoms with Crippen LogP contribution in [0.5, 0.6) is 0 Å². The first-order valence-corrected chi connectivity index (χ1v) is 18.7. The molecule has 3 aromatic rings. The summed E-state index contributed by atoms with van der Waals surface area (Å²) in [5, 5.41) is 14.8. The highest BCUT2D eigenvalue weighted by Crippen LogP contribution is 2.44. The molecule has 0 saturated carbocycles. The molecule has 0 aliphatic heterocycles. The Morgan fingerprint density at radius 1 is 0.979 bits per heavy atom. The molecule has 13 nitrogen and oxygen atoms in total. The van der Waals surface area contributed by atoms with Gasteiger partial charge in [-0.25, -0.2) is 14.2 Å². The summed E-state index contributed by atoms with van der Waals surface area (Å²) in [7, 11) is -0.815. The molecule has 0 aromatic heterocycles. The molecule has 1 aliphatic carbocycles. The first kappa shape index (κ1) is 37.4. The van der Waals surface area contributed by atoms with Gasteiger partial charge in [0.15, 0.2) is 0 Å². The van der Waals surface area contributed by atoms with Crippen LogP contribution >= 0.6 is 29.4 Å². The number of phosphoric ester groups is 1. The normalized spacial score (nSPS) is 12.9. The molecule has 0 spiro atoms.